The molecule has 0 spiro atoms. The van der Waals surface area contributed by atoms with Gasteiger partial charge in [0.25, 0.3) is 5.91 Å². The van der Waals surface area contributed by atoms with E-state index in [2.05, 4.69) is 16.0 Å². The van der Waals surface area contributed by atoms with Gasteiger partial charge in [0.1, 0.15) is 10.8 Å². The Morgan fingerprint density at radius 2 is 1.85 bits per heavy atom. The largest absolute Gasteiger partial charge is 0.462 e. The zero-order chi connectivity index (χ0) is 20.0. The zero-order valence-electron chi connectivity index (χ0n) is 15.1. The van der Waals surface area contributed by atoms with Crippen LogP contribution in [0.1, 0.15) is 32.5 Å². The number of rotatable bonds is 7. The molecule has 0 aliphatic rings. The molecule has 0 aliphatic heterocycles. The van der Waals surface area contributed by atoms with Crippen LogP contribution in [0.5, 0.6) is 0 Å². The first kappa shape index (κ1) is 20.4. The highest BCUT2D eigenvalue weighted by molar-refractivity contribution is 7.18. The summed E-state index contributed by atoms with van der Waals surface area (Å²) in [5.74, 6) is -1.76. The number of anilines is 2. The summed E-state index contributed by atoms with van der Waals surface area (Å²) in [7, 11) is 1.48. The fraction of sp³-hybridized carbons (Fsp3) is 0.278. The maximum atomic E-state index is 12.9. The zero-order valence-corrected chi connectivity index (χ0v) is 16.0. The highest BCUT2D eigenvalue weighted by Crippen LogP contribution is 2.33. The minimum atomic E-state index is -0.608. The van der Waals surface area contributed by atoms with Crippen LogP contribution in [0.3, 0.4) is 0 Å². The number of benzene rings is 1. The van der Waals surface area contributed by atoms with E-state index in [0.717, 1.165) is 11.3 Å². The molecule has 0 saturated heterocycles. The Morgan fingerprint density at radius 1 is 1.19 bits per heavy atom. The molecule has 7 nitrogen and oxygen atoms in total. The van der Waals surface area contributed by atoms with Gasteiger partial charge in [-0.1, -0.05) is 0 Å². The quantitative estimate of drug-likeness (QED) is 0.629. The molecule has 3 N–H and O–H groups in total. The molecular weight excluding hydrogens is 373 g/mol. The summed E-state index contributed by atoms with van der Waals surface area (Å²) in [5.41, 5.74) is 1.18. The molecule has 0 bridgehead atoms. The second kappa shape index (κ2) is 9.13. The molecule has 2 amide bonds. The van der Waals surface area contributed by atoms with Crippen molar-refractivity contribution >= 4 is 39.8 Å². The van der Waals surface area contributed by atoms with Crippen LogP contribution in [0.25, 0.3) is 0 Å². The third kappa shape index (κ3) is 5.04. The summed E-state index contributed by atoms with van der Waals surface area (Å²) >= 11 is 1.00. The molecule has 1 heterocycles. The van der Waals surface area contributed by atoms with Crippen molar-refractivity contribution in [1.82, 2.24) is 5.32 Å². The summed E-state index contributed by atoms with van der Waals surface area (Å²) in [6.45, 7) is 3.37. The van der Waals surface area contributed by atoms with Crippen LogP contribution in [-0.4, -0.2) is 38.0 Å². The van der Waals surface area contributed by atoms with Crippen molar-refractivity contribution < 1.29 is 23.5 Å². The van der Waals surface area contributed by atoms with Crippen LogP contribution in [0.15, 0.2) is 24.3 Å². The maximum absolute atomic E-state index is 12.9. The second-order valence-corrected chi connectivity index (χ2v) is 6.49. The van der Waals surface area contributed by atoms with Gasteiger partial charge in [-0.3, -0.25) is 9.59 Å². The van der Waals surface area contributed by atoms with Crippen molar-refractivity contribution in [2.75, 3.05) is 30.8 Å². The van der Waals surface area contributed by atoms with E-state index >= 15 is 0 Å². The average molecular weight is 393 g/mol. The van der Waals surface area contributed by atoms with E-state index in [1.165, 1.54) is 31.3 Å². The molecule has 9 heteroatoms. The number of carbonyl (C=O) groups excluding carboxylic acids is 3. The van der Waals surface area contributed by atoms with E-state index in [1.807, 2.05) is 0 Å². The highest BCUT2D eigenvalue weighted by atomic mass is 32.1. The van der Waals surface area contributed by atoms with Gasteiger partial charge in [0.05, 0.1) is 23.6 Å². The van der Waals surface area contributed by atoms with Gasteiger partial charge in [-0.25, -0.2) is 9.18 Å². The van der Waals surface area contributed by atoms with Crippen molar-refractivity contribution in [3.8, 4) is 0 Å². The van der Waals surface area contributed by atoms with Gasteiger partial charge >= 0.3 is 5.97 Å². The smallest absolute Gasteiger partial charge is 0.341 e. The molecule has 0 unspecified atom stereocenters. The third-order valence-electron chi connectivity index (χ3n) is 3.61. The van der Waals surface area contributed by atoms with Crippen LogP contribution < -0.4 is 16.0 Å². The van der Waals surface area contributed by atoms with E-state index in [1.54, 1.807) is 13.8 Å². The van der Waals surface area contributed by atoms with Gasteiger partial charge in [0.2, 0.25) is 5.91 Å². The Kier molecular flexibility index (Phi) is 6.89. The van der Waals surface area contributed by atoms with Gasteiger partial charge in [0, 0.05) is 12.7 Å². The lowest BCUT2D eigenvalue weighted by atomic mass is 10.1. The predicted molar refractivity (Wildman–Crippen MR) is 102 cm³/mol. The average Bonchev–Trinajstić information content (AvgIpc) is 2.96. The first-order valence-corrected chi connectivity index (χ1v) is 9.00. The van der Waals surface area contributed by atoms with Crippen molar-refractivity contribution in [2.24, 2.45) is 0 Å². The minimum absolute atomic E-state index is 0.0971. The molecule has 27 heavy (non-hydrogen) atoms. The molecule has 0 radical (unpaired) electrons. The number of hydrogen-bond acceptors (Lipinski definition) is 6. The molecule has 1 aromatic carbocycles. The summed E-state index contributed by atoms with van der Waals surface area (Å²) in [6.07, 6.45) is 0. The molecule has 2 rings (SSSR count). The summed E-state index contributed by atoms with van der Waals surface area (Å²) in [6, 6.07) is 5.56. The molecule has 0 fully saturated rings. The van der Waals surface area contributed by atoms with E-state index in [-0.39, 0.29) is 35.4 Å². The molecular formula is C18H20FN3O4S. The van der Waals surface area contributed by atoms with Gasteiger partial charge < -0.3 is 20.7 Å². The maximum Gasteiger partial charge on any atom is 0.341 e. The van der Waals surface area contributed by atoms with Gasteiger partial charge in [-0.05, 0) is 43.7 Å². The Hall–Kier alpha value is -2.94. The lowest BCUT2D eigenvalue weighted by molar-refractivity contribution is -0.114. The molecule has 0 atom stereocenters. The van der Waals surface area contributed by atoms with Crippen LogP contribution in [0.2, 0.25) is 0 Å². The van der Waals surface area contributed by atoms with Gasteiger partial charge in [-0.15, -0.1) is 11.3 Å². The monoisotopic (exact) mass is 393 g/mol. The van der Waals surface area contributed by atoms with Crippen LogP contribution in [0.4, 0.5) is 15.1 Å². The first-order chi connectivity index (χ1) is 12.9. The fourth-order valence-electron chi connectivity index (χ4n) is 2.30. The number of nitrogens with one attached hydrogen (secondary N) is 3. The third-order valence-corrected chi connectivity index (χ3v) is 4.82. The number of amides is 2. The second-order valence-electron chi connectivity index (χ2n) is 5.47. The molecule has 0 saturated carbocycles. The van der Waals surface area contributed by atoms with Gasteiger partial charge in [0.15, 0.2) is 0 Å². The topological polar surface area (TPSA) is 96.5 Å². The number of thiophene rings is 1. The summed E-state index contributed by atoms with van der Waals surface area (Å²) in [4.78, 5) is 36.8. The number of halogens is 1. The highest BCUT2D eigenvalue weighted by Gasteiger charge is 2.26. The Labute approximate surface area is 159 Å². The standard InChI is InChI=1S/C18H20FN3O4S/c1-4-26-18(25)14-10(2)15(16(24)20-3)27-17(14)22-13(23)9-21-12-7-5-11(19)6-8-12/h5-8,21H,4,9H2,1-3H3,(H,20,24)(H,22,23). The van der Waals surface area contributed by atoms with Crippen molar-refractivity contribution in [2.45, 2.75) is 13.8 Å². The lowest BCUT2D eigenvalue weighted by Crippen LogP contribution is -2.22. The summed E-state index contributed by atoms with van der Waals surface area (Å²) < 4.78 is 17.9. The van der Waals surface area contributed by atoms with Crippen molar-refractivity contribution in [1.29, 1.82) is 0 Å². The lowest BCUT2D eigenvalue weighted by Gasteiger charge is -2.08. The van der Waals surface area contributed by atoms with Crippen molar-refractivity contribution in [3.63, 3.8) is 0 Å². The summed E-state index contributed by atoms with van der Waals surface area (Å²) in [5, 5.41) is 8.23. The normalized spacial score (nSPS) is 10.2. The molecule has 0 aliphatic carbocycles. The molecule has 1 aromatic heterocycles. The Balaban J connectivity index is 2.17. The van der Waals surface area contributed by atoms with Crippen LogP contribution >= 0.6 is 11.3 Å². The number of hydrogen-bond donors (Lipinski definition) is 3. The number of carbonyl (C=O) groups is 3. The van der Waals surface area contributed by atoms with E-state index in [4.69, 9.17) is 4.74 Å². The SMILES string of the molecule is CCOC(=O)c1c(NC(=O)CNc2ccc(F)cc2)sc(C(=O)NC)c1C. The minimum Gasteiger partial charge on any atom is -0.462 e. The first-order valence-electron chi connectivity index (χ1n) is 8.19. The van der Waals surface area contributed by atoms with E-state index < -0.39 is 11.9 Å². The number of esters is 1. The Bertz CT molecular complexity index is 849. The predicted octanol–water partition coefficient (Wildman–Crippen LogP) is 2.78. The van der Waals surface area contributed by atoms with Crippen LogP contribution in [0, 0.1) is 12.7 Å². The number of ether oxygens (including phenoxy) is 1. The van der Waals surface area contributed by atoms with E-state index in [9.17, 15) is 18.8 Å². The molecule has 144 valence electrons. The van der Waals surface area contributed by atoms with Crippen LogP contribution in [-0.2, 0) is 9.53 Å². The fourth-order valence-corrected chi connectivity index (χ4v) is 3.46. The molecule has 2 aromatic rings. The van der Waals surface area contributed by atoms with Gasteiger partial charge in [-0.2, -0.15) is 0 Å². The van der Waals surface area contributed by atoms with Crippen molar-refractivity contribution in [3.05, 3.63) is 46.1 Å². The Morgan fingerprint density at radius 3 is 2.44 bits per heavy atom. The van der Waals surface area contributed by atoms with E-state index in [0.29, 0.717) is 16.1 Å².